The Hall–Kier alpha value is -2.37. The number of hydrogen-bond acceptors (Lipinski definition) is 4. The average molecular weight is 330 g/mol. The molecule has 2 amide bonds. The predicted octanol–water partition coefficient (Wildman–Crippen LogP) is 2.06. The minimum Gasteiger partial charge on any atom is -0.478 e. The third-order valence-electron chi connectivity index (χ3n) is 4.61. The lowest BCUT2D eigenvalue weighted by Crippen LogP contribution is -2.50. The van der Waals surface area contributed by atoms with E-state index in [4.69, 9.17) is 4.74 Å². The maximum atomic E-state index is 12.6. The Kier molecular flexibility index (Phi) is 4.83. The molecule has 0 bridgehead atoms. The summed E-state index contributed by atoms with van der Waals surface area (Å²) in [6.45, 7) is 1.81. The van der Waals surface area contributed by atoms with Crippen molar-refractivity contribution >= 4 is 23.8 Å². The summed E-state index contributed by atoms with van der Waals surface area (Å²) in [4.78, 5) is 37.4. The minimum atomic E-state index is -0.598. The van der Waals surface area contributed by atoms with E-state index in [-0.39, 0.29) is 24.4 Å². The van der Waals surface area contributed by atoms with E-state index in [1.54, 1.807) is 18.2 Å². The maximum absolute atomic E-state index is 12.6. The molecule has 1 aliphatic carbocycles. The molecule has 0 saturated heterocycles. The van der Waals surface area contributed by atoms with Crippen LogP contribution in [0.25, 0.3) is 0 Å². The first-order valence-electron chi connectivity index (χ1n) is 8.49. The van der Waals surface area contributed by atoms with Gasteiger partial charge in [-0.2, -0.15) is 0 Å². The molecule has 1 unspecified atom stereocenters. The van der Waals surface area contributed by atoms with E-state index in [9.17, 15) is 14.4 Å². The van der Waals surface area contributed by atoms with Crippen LogP contribution in [0.4, 0.5) is 5.69 Å². The quantitative estimate of drug-likeness (QED) is 0.839. The lowest BCUT2D eigenvalue weighted by molar-refractivity contribution is -0.129. The lowest BCUT2D eigenvalue weighted by atomic mass is 10.1. The summed E-state index contributed by atoms with van der Waals surface area (Å²) < 4.78 is 5.70. The predicted molar refractivity (Wildman–Crippen MR) is 89.3 cm³/mol. The van der Waals surface area contributed by atoms with Crippen LogP contribution in [0.15, 0.2) is 18.2 Å². The zero-order valence-corrected chi connectivity index (χ0v) is 13.8. The van der Waals surface area contributed by atoms with E-state index < -0.39 is 6.10 Å². The number of aldehydes is 1. The highest BCUT2D eigenvalue weighted by molar-refractivity contribution is 6.04. The Bertz CT molecular complexity index is 652. The van der Waals surface area contributed by atoms with Gasteiger partial charge in [0.2, 0.25) is 5.91 Å². The number of anilines is 1. The highest BCUT2D eigenvalue weighted by Gasteiger charge is 2.35. The molecule has 1 N–H and O–H groups in total. The number of benzene rings is 1. The van der Waals surface area contributed by atoms with E-state index in [2.05, 4.69) is 5.32 Å². The fourth-order valence-electron chi connectivity index (χ4n) is 3.32. The molecule has 3 rings (SSSR count). The second kappa shape index (κ2) is 7.03. The average Bonchev–Trinajstić information content (AvgIpc) is 3.09. The Morgan fingerprint density at radius 2 is 2.12 bits per heavy atom. The van der Waals surface area contributed by atoms with Crippen LogP contribution in [-0.2, 0) is 9.59 Å². The molecule has 1 heterocycles. The fourth-order valence-corrected chi connectivity index (χ4v) is 3.32. The Morgan fingerprint density at radius 3 is 2.79 bits per heavy atom. The van der Waals surface area contributed by atoms with Gasteiger partial charge in [0.05, 0.1) is 5.69 Å². The van der Waals surface area contributed by atoms with Gasteiger partial charge in [0.15, 0.2) is 6.10 Å². The highest BCUT2D eigenvalue weighted by atomic mass is 16.5. The van der Waals surface area contributed by atoms with E-state index >= 15 is 0 Å². The molecule has 1 atom stereocenters. The first-order valence-corrected chi connectivity index (χ1v) is 8.49. The molecule has 1 aromatic carbocycles. The highest BCUT2D eigenvalue weighted by Crippen LogP contribution is 2.35. The number of ether oxygens (including phenoxy) is 1. The summed E-state index contributed by atoms with van der Waals surface area (Å²) in [7, 11) is 0. The van der Waals surface area contributed by atoms with Crippen molar-refractivity contribution in [2.24, 2.45) is 0 Å². The van der Waals surface area contributed by atoms with Crippen LogP contribution in [0, 0.1) is 0 Å². The largest absolute Gasteiger partial charge is 0.478 e. The van der Waals surface area contributed by atoms with Gasteiger partial charge in [0.1, 0.15) is 18.6 Å². The SMILES string of the molecule is CCC1Oc2ccc(C=O)cc2N(CC(=O)NC2CCCC2)C1=O. The number of carbonyl (C=O) groups excluding carboxylic acids is 3. The van der Waals surface area contributed by atoms with Crippen LogP contribution in [0.5, 0.6) is 5.75 Å². The third kappa shape index (κ3) is 3.27. The monoisotopic (exact) mass is 330 g/mol. The fraction of sp³-hybridized carbons (Fsp3) is 0.500. The summed E-state index contributed by atoms with van der Waals surface area (Å²) >= 11 is 0. The lowest BCUT2D eigenvalue weighted by Gasteiger charge is -2.34. The number of carbonyl (C=O) groups is 3. The summed E-state index contributed by atoms with van der Waals surface area (Å²) in [5.74, 6) is 0.116. The molecule has 2 aliphatic rings. The summed E-state index contributed by atoms with van der Waals surface area (Å²) in [6, 6.07) is 5.12. The molecule has 0 spiro atoms. The molecule has 1 fully saturated rings. The Labute approximate surface area is 141 Å². The van der Waals surface area contributed by atoms with Gasteiger partial charge >= 0.3 is 0 Å². The van der Waals surface area contributed by atoms with Gasteiger partial charge in [-0.1, -0.05) is 19.8 Å². The number of amides is 2. The molecule has 0 radical (unpaired) electrons. The van der Waals surface area contributed by atoms with Crippen LogP contribution in [0.3, 0.4) is 0 Å². The zero-order chi connectivity index (χ0) is 17.1. The molecule has 1 saturated carbocycles. The third-order valence-corrected chi connectivity index (χ3v) is 4.61. The molecule has 0 aromatic heterocycles. The number of hydrogen-bond donors (Lipinski definition) is 1. The van der Waals surface area contributed by atoms with Gasteiger partial charge in [0.25, 0.3) is 5.91 Å². The van der Waals surface area contributed by atoms with Gasteiger partial charge in [-0.05, 0) is 37.5 Å². The Morgan fingerprint density at radius 1 is 1.38 bits per heavy atom. The van der Waals surface area contributed by atoms with Gasteiger partial charge in [0, 0.05) is 11.6 Å². The smallest absolute Gasteiger partial charge is 0.268 e. The standard InChI is InChI=1S/C18H22N2O4/c1-2-15-18(23)20(10-17(22)19-13-5-3-4-6-13)14-9-12(11-21)7-8-16(14)24-15/h7-9,11,13,15H,2-6,10H2,1H3,(H,19,22). The van der Waals surface area contributed by atoms with Crippen molar-refractivity contribution in [1.29, 1.82) is 0 Å². The Balaban J connectivity index is 1.82. The van der Waals surface area contributed by atoms with Crippen LogP contribution in [-0.4, -0.2) is 36.8 Å². The summed E-state index contributed by atoms with van der Waals surface area (Å²) in [6.07, 6.45) is 4.88. The minimum absolute atomic E-state index is 0.0511. The van der Waals surface area contributed by atoms with E-state index in [1.165, 1.54) is 4.90 Å². The maximum Gasteiger partial charge on any atom is 0.268 e. The van der Waals surface area contributed by atoms with Crippen molar-refractivity contribution in [3.8, 4) is 5.75 Å². The van der Waals surface area contributed by atoms with E-state index in [0.717, 1.165) is 25.7 Å². The van der Waals surface area contributed by atoms with Crippen molar-refractivity contribution in [3.63, 3.8) is 0 Å². The van der Waals surface area contributed by atoms with Gasteiger partial charge < -0.3 is 10.1 Å². The van der Waals surface area contributed by atoms with Crippen molar-refractivity contribution in [2.75, 3.05) is 11.4 Å². The van der Waals surface area contributed by atoms with Crippen molar-refractivity contribution < 1.29 is 19.1 Å². The van der Waals surface area contributed by atoms with E-state index in [1.807, 2.05) is 6.92 Å². The topological polar surface area (TPSA) is 75.7 Å². The summed E-state index contributed by atoms with van der Waals surface area (Å²) in [5.41, 5.74) is 0.928. The number of rotatable bonds is 5. The normalized spacial score (nSPS) is 20.5. The first-order chi connectivity index (χ1) is 11.6. The van der Waals surface area contributed by atoms with Crippen molar-refractivity contribution in [2.45, 2.75) is 51.2 Å². The van der Waals surface area contributed by atoms with Gasteiger partial charge in [-0.3, -0.25) is 19.3 Å². The van der Waals surface area contributed by atoms with E-state index in [0.29, 0.717) is 29.7 Å². The molecule has 24 heavy (non-hydrogen) atoms. The first kappa shape index (κ1) is 16.5. The molecular weight excluding hydrogens is 308 g/mol. The molecule has 6 heteroatoms. The van der Waals surface area contributed by atoms with Crippen LogP contribution < -0.4 is 15.0 Å². The number of nitrogens with zero attached hydrogens (tertiary/aromatic N) is 1. The van der Waals surface area contributed by atoms with Crippen molar-refractivity contribution in [3.05, 3.63) is 23.8 Å². The number of nitrogens with one attached hydrogen (secondary N) is 1. The van der Waals surface area contributed by atoms with Crippen molar-refractivity contribution in [1.82, 2.24) is 5.32 Å². The molecule has 6 nitrogen and oxygen atoms in total. The second-order valence-corrected chi connectivity index (χ2v) is 6.33. The van der Waals surface area contributed by atoms with Crippen LogP contribution in [0.1, 0.15) is 49.4 Å². The summed E-state index contributed by atoms with van der Waals surface area (Å²) in [5, 5.41) is 3.00. The zero-order valence-electron chi connectivity index (χ0n) is 13.8. The molecule has 128 valence electrons. The number of fused-ring (bicyclic) bond motifs is 1. The molecule has 1 aliphatic heterocycles. The van der Waals surface area contributed by atoms with Gasteiger partial charge in [-0.25, -0.2) is 0 Å². The van der Waals surface area contributed by atoms with Crippen LogP contribution in [0.2, 0.25) is 0 Å². The molecule has 1 aromatic rings. The van der Waals surface area contributed by atoms with Crippen LogP contribution >= 0.6 is 0 Å². The second-order valence-electron chi connectivity index (χ2n) is 6.33. The van der Waals surface area contributed by atoms with Gasteiger partial charge in [-0.15, -0.1) is 0 Å². The molecular formula is C18H22N2O4.